The quantitative estimate of drug-likeness (QED) is 0.929. The minimum Gasteiger partial charge on any atom is -0.460 e. The SMILES string of the molecule is Fc1ccc(-c2ccc(CNC3CCOCC3)o2)cc1. The average Bonchev–Trinajstić information content (AvgIpc) is 2.96. The number of benzene rings is 1. The molecule has 0 saturated carbocycles. The van der Waals surface area contributed by atoms with Crippen molar-refractivity contribution in [2.24, 2.45) is 0 Å². The Morgan fingerprint density at radius 1 is 1.05 bits per heavy atom. The second-order valence-corrected chi connectivity index (χ2v) is 5.04. The van der Waals surface area contributed by atoms with E-state index in [4.69, 9.17) is 9.15 Å². The summed E-state index contributed by atoms with van der Waals surface area (Å²) in [6.07, 6.45) is 2.09. The van der Waals surface area contributed by atoms with Crippen LogP contribution >= 0.6 is 0 Å². The Bertz CT molecular complexity index is 544. The van der Waals surface area contributed by atoms with Gasteiger partial charge in [0, 0.05) is 24.8 Å². The van der Waals surface area contributed by atoms with Gasteiger partial charge in [0.05, 0.1) is 6.54 Å². The Balaban J connectivity index is 1.60. The van der Waals surface area contributed by atoms with Gasteiger partial charge in [-0.1, -0.05) is 0 Å². The van der Waals surface area contributed by atoms with Gasteiger partial charge in [-0.2, -0.15) is 0 Å². The van der Waals surface area contributed by atoms with E-state index in [0.717, 1.165) is 43.1 Å². The molecule has 1 N–H and O–H groups in total. The lowest BCUT2D eigenvalue weighted by molar-refractivity contribution is 0.0771. The first-order valence-corrected chi connectivity index (χ1v) is 6.97. The summed E-state index contributed by atoms with van der Waals surface area (Å²) in [6, 6.07) is 10.7. The average molecular weight is 275 g/mol. The molecule has 1 aliphatic rings. The molecular formula is C16H18FNO2. The highest BCUT2D eigenvalue weighted by Gasteiger charge is 2.13. The van der Waals surface area contributed by atoms with Crippen molar-refractivity contribution >= 4 is 0 Å². The van der Waals surface area contributed by atoms with Gasteiger partial charge in [0.1, 0.15) is 17.3 Å². The van der Waals surface area contributed by atoms with Crippen LogP contribution in [-0.4, -0.2) is 19.3 Å². The molecule has 1 aliphatic heterocycles. The molecule has 1 aromatic carbocycles. The van der Waals surface area contributed by atoms with Gasteiger partial charge < -0.3 is 14.5 Å². The number of rotatable bonds is 4. The molecule has 3 nitrogen and oxygen atoms in total. The minimum atomic E-state index is -0.235. The molecule has 4 heteroatoms. The Kier molecular flexibility index (Phi) is 4.14. The third-order valence-electron chi connectivity index (χ3n) is 3.58. The van der Waals surface area contributed by atoms with Crippen molar-refractivity contribution in [3.05, 3.63) is 48.0 Å². The van der Waals surface area contributed by atoms with Crippen molar-refractivity contribution in [1.29, 1.82) is 0 Å². The van der Waals surface area contributed by atoms with Gasteiger partial charge in [-0.05, 0) is 49.2 Å². The van der Waals surface area contributed by atoms with Gasteiger partial charge in [0.2, 0.25) is 0 Å². The molecule has 1 saturated heterocycles. The molecule has 0 bridgehead atoms. The van der Waals surface area contributed by atoms with Crippen molar-refractivity contribution < 1.29 is 13.5 Å². The van der Waals surface area contributed by atoms with E-state index in [0.29, 0.717) is 12.6 Å². The maximum absolute atomic E-state index is 12.9. The van der Waals surface area contributed by atoms with Crippen molar-refractivity contribution in [2.75, 3.05) is 13.2 Å². The maximum atomic E-state index is 12.9. The van der Waals surface area contributed by atoms with Crippen LogP contribution in [0.5, 0.6) is 0 Å². The monoisotopic (exact) mass is 275 g/mol. The lowest BCUT2D eigenvalue weighted by Crippen LogP contribution is -2.34. The first-order chi connectivity index (χ1) is 9.81. The number of halogens is 1. The fourth-order valence-corrected chi connectivity index (χ4v) is 2.39. The molecule has 0 aliphatic carbocycles. The van der Waals surface area contributed by atoms with Crippen LogP contribution in [0.1, 0.15) is 18.6 Å². The van der Waals surface area contributed by atoms with Crippen LogP contribution in [0.4, 0.5) is 4.39 Å². The van der Waals surface area contributed by atoms with E-state index in [1.54, 1.807) is 12.1 Å². The molecule has 1 fully saturated rings. The van der Waals surface area contributed by atoms with Crippen LogP contribution in [-0.2, 0) is 11.3 Å². The van der Waals surface area contributed by atoms with Crippen LogP contribution < -0.4 is 5.32 Å². The van der Waals surface area contributed by atoms with Crippen molar-refractivity contribution in [2.45, 2.75) is 25.4 Å². The zero-order chi connectivity index (χ0) is 13.8. The van der Waals surface area contributed by atoms with Crippen molar-refractivity contribution in [3.63, 3.8) is 0 Å². The molecule has 2 aromatic rings. The van der Waals surface area contributed by atoms with Gasteiger partial charge in [0.25, 0.3) is 0 Å². The standard InChI is InChI=1S/C16H18FNO2/c17-13-3-1-12(2-4-13)16-6-5-15(20-16)11-18-14-7-9-19-10-8-14/h1-6,14,18H,7-11H2. The third-order valence-corrected chi connectivity index (χ3v) is 3.58. The summed E-state index contributed by atoms with van der Waals surface area (Å²) in [7, 11) is 0. The van der Waals surface area contributed by atoms with Crippen molar-refractivity contribution in [1.82, 2.24) is 5.32 Å². The molecule has 1 aromatic heterocycles. The molecule has 2 heterocycles. The topological polar surface area (TPSA) is 34.4 Å². The Morgan fingerprint density at radius 2 is 1.80 bits per heavy atom. The van der Waals surface area contributed by atoms with Crippen molar-refractivity contribution in [3.8, 4) is 11.3 Å². The van der Waals surface area contributed by atoms with Crippen LogP contribution in [0.3, 0.4) is 0 Å². The summed E-state index contributed by atoms with van der Waals surface area (Å²) >= 11 is 0. The largest absolute Gasteiger partial charge is 0.460 e. The first kappa shape index (κ1) is 13.3. The maximum Gasteiger partial charge on any atom is 0.134 e. The fraction of sp³-hybridized carbons (Fsp3) is 0.375. The van der Waals surface area contributed by atoms with E-state index in [-0.39, 0.29) is 5.82 Å². The number of ether oxygens (including phenoxy) is 1. The molecule has 3 rings (SSSR count). The number of furan rings is 1. The normalized spacial score (nSPS) is 16.4. The fourth-order valence-electron chi connectivity index (χ4n) is 2.39. The van der Waals surface area contributed by atoms with Crippen LogP contribution in [0.15, 0.2) is 40.8 Å². The van der Waals surface area contributed by atoms with Gasteiger partial charge in [-0.25, -0.2) is 4.39 Å². The molecule has 20 heavy (non-hydrogen) atoms. The second kappa shape index (κ2) is 6.20. The summed E-state index contributed by atoms with van der Waals surface area (Å²) in [6.45, 7) is 2.37. The van der Waals surface area contributed by atoms with E-state index < -0.39 is 0 Å². The van der Waals surface area contributed by atoms with E-state index in [2.05, 4.69) is 5.32 Å². The smallest absolute Gasteiger partial charge is 0.134 e. The van der Waals surface area contributed by atoms with Gasteiger partial charge in [-0.15, -0.1) is 0 Å². The lowest BCUT2D eigenvalue weighted by atomic mass is 10.1. The molecule has 0 amide bonds. The molecule has 0 atom stereocenters. The Hall–Kier alpha value is -1.65. The molecule has 0 spiro atoms. The second-order valence-electron chi connectivity index (χ2n) is 5.04. The predicted molar refractivity (Wildman–Crippen MR) is 74.8 cm³/mol. The van der Waals surface area contributed by atoms with E-state index in [1.165, 1.54) is 12.1 Å². The van der Waals surface area contributed by atoms with E-state index >= 15 is 0 Å². The van der Waals surface area contributed by atoms with Crippen LogP contribution in [0.25, 0.3) is 11.3 Å². The third kappa shape index (κ3) is 3.26. The van der Waals surface area contributed by atoms with Gasteiger partial charge in [-0.3, -0.25) is 0 Å². The Labute approximate surface area is 117 Å². The summed E-state index contributed by atoms with van der Waals surface area (Å²) in [5.74, 6) is 1.44. The summed E-state index contributed by atoms with van der Waals surface area (Å²) < 4.78 is 24.0. The van der Waals surface area contributed by atoms with Gasteiger partial charge in [0.15, 0.2) is 0 Å². The predicted octanol–water partition coefficient (Wildman–Crippen LogP) is 3.35. The van der Waals surface area contributed by atoms with Gasteiger partial charge >= 0.3 is 0 Å². The number of nitrogens with one attached hydrogen (secondary N) is 1. The lowest BCUT2D eigenvalue weighted by Gasteiger charge is -2.22. The van der Waals surface area contributed by atoms with E-state index in [9.17, 15) is 4.39 Å². The highest BCUT2D eigenvalue weighted by Crippen LogP contribution is 2.22. The van der Waals surface area contributed by atoms with Crippen LogP contribution in [0, 0.1) is 5.82 Å². The summed E-state index contributed by atoms with van der Waals surface area (Å²) in [5, 5.41) is 3.48. The highest BCUT2D eigenvalue weighted by atomic mass is 19.1. The molecule has 0 radical (unpaired) electrons. The summed E-state index contributed by atoms with van der Waals surface area (Å²) in [5.41, 5.74) is 0.892. The first-order valence-electron chi connectivity index (χ1n) is 6.97. The molecule has 106 valence electrons. The minimum absolute atomic E-state index is 0.235. The highest BCUT2D eigenvalue weighted by molar-refractivity contribution is 5.57. The number of hydrogen-bond acceptors (Lipinski definition) is 3. The molecule has 0 unspecified atom stereocenters. The zero-order valence-electron chi connectivity index (χ0n) is 11.3. The number of hydrogen-bond donors (Lipinski definition) is 1. The summed E-state index contributed by atoms with van der Waals surface area (Å²) in [4.78, 5) is 0. The zero-order valence-corrected chi connectivity index (χ0v) is 11.3. The molecular weight excluding hydrogens is 257 g/mol. The van der Waals surface area contributed by atoms with E-state index in [1.807, 2.05) is 12.1 Å². The Morgan fingerprint density at radius 3 is 2.55 bits per heavy atom. The van der Waals surface area contributed by atoms with Crippen LogP contribution in [0.2, 0.25) is 0 Å².